The van der Waals surface area contributed by atoms with Crippen LogP contribution in [0.1, 0.15) is 40.0 Å². The summed E-state index contributed by atoms with van der Waals surface area (Å²) in [6.45, 7) is 8.00. The maximum absolute atomic E-state index is 3.27. The highest BCUT2D eigenvalue weighted by molar-refractivity contribution is 8.00. The summed E-state index contributed by atoms with van der Waals surface area (Å²) >= 11 is 2.11. The second kappa shape index (κ2) is 6.79. The van der Waals surface area contributed by atoms with Gasteiger partial charge in [-0.3, -0.25) is 0 Å². The van der Waals surface area contributed by atoms with E-state index in [1.165, 1.54) is 25.0 Å². The Balaban J connectivity index is 3.63. The molecule has 0 aliphatic heterocycles. The summed E-state index contributed by atoms with van der Waals surface area (Å²) in [7, 11) is 2.04. The maximum atomic E-state index is 3.27. The molecule has 0 aliphatic rings. The smallest absolute Gasteiger partial charge is 0.0253 e. The third-order valence-electron chi connectivity index (χ3n) is 2.25. The minimum atomic E-state index is 0.448. The number of thioether (sulfide) groups is 1. The Kier molecular flexibility index (Phi) is 6.96. The van der Waals surface area contributed by atoms with E-state index in [-0.39, 0.29) is 0 Å². The van der Waals surface area contributed by atoms with Gasteiger partial charge in [-0.15, -0.1) is 0 Å². The second-order valence-electron chi connectivity index (χ2n) is 3.54. The first-order valence-corrected chi connectivity index (χ1v) is 5.95. The Bertz CT molecular complexity index is 106. The van der Waals surface area contributed by atoms with Gasteiger partial charge in [-0.2, -0.15) is 11.8 Å². The molecule has 0 heterocycles. The van der Waals surface area contributed by atoms with Crippen molar-refractivity contribution in [3.8, 4) is 0 Å². The van der Waals surface area contributed by atoms with Crippen LogP contribution in [0, 0.1) is 0 Å². The standard InChI is InChI=1S/C10H23NS/c1-5-7-8-12-10(3,6-2)9-11-4/h11H,5-9H2,1-4H3. The van der Waals surface area contributed by atoms with Crippen molar-refractivity contribution in [1.82, 2.24) is 5.32 Å². The Morgan fingerprint density at radius 1 is 1.33 bits per heavy atom. The summed E-state index contributed by atoms with van der Waals surface area (Å²) < 4.78 is 0.448. The van der Waals surface area contributed by atoms with Crippen LogP contribution in [0.5, 0.6) is 0 Å². The first kappa shape index (κ1) is 12.3. The lowest BCUT2D eigenvalue weighted by Crippen LogP contribution is -2.32. The molecule has 0 bridgehead atoms. The molecular weight excluding hydrogens is 166 g/mol. The van der Waals surface area contributed by atoms with Crippen LogP contribution in [-0.2, 0) is 0 Å². The molecule has 0 rings (SSSR count). The molecule has 1 N–H and O–H groups in total. The van der Waals surface area contributed by atoms with Gasteiger partial charge in [-0.1, -0.05) is 20.3 Å². The van der Waals surface area contributed by atoms with Gasteiger partial charge in [0, 0.05) is 11.3 Å². The van der Waals surface area contributed by atoms with Crippen molar-refractivity contribution in [1.29, 1.82) is 0 Å². The van der Waals surface area contributed by atoms with E-state index in [4.69, 9.17) is 0 Å². The van der Waals surface area contributed by atoms with Crippen LogP contribution in [0.3, 0.4) is 0 Å². The molecule has 1 nitrogen and oxygen atoms in total. The summed E-state index contributed by atoms with van der Waals surface area (Å²) in [6.07, 6.45) is 3.92. The van der Waals surface area contributed by atoms with Crippen LogP contribution in [0.2, 0.25) is 0 Å². The molecule has 0 aromatic rings. The highest BCUT2D eigenvalue weighted by Gasteiger charge is 2.20. The summed E-state index contributed by atoms with van der Waals surface area (Å²) in [4.78, 5) is 0. The molecule has 0 radical (unpaired) electrons. The molecule has 0 aliphatic carbocycles. The van der Waals surface area contributed by atoms with Gasteiger partial charge >= 0.3 is 0 Å². The van der Waals surface area contributed by atoms with Gasteiger partial charge in [0.05, 0.1) is 0 Å². The van der Waals surface area contributed by atoms with Gasteiger partial charge in [0.2, 0.25) is 0 Å². The predicted octanol–water partition coefficient (Wildman–Crippen LogP) is 2.91. The fourth-order valence-corrected chi connectivity index (χ4v) is 2.49. The molecular formula is C10H23NS. The highest BCUT2D eigenvalue weighted by Crippen LogP contribution is 2.28. The fourth-order valence-electron chi connectivity index (χ4n) is 1.11. The lowest BCUT2D eigenvalue weighted by molar-refractivity contribution is 0.576. The van der Waals surface area contributed by atoms with Crippen LogP contribution < -0.4 is 5.32 Å². The Morgan fingerprint density at radius 2 is 2.00 bits per heavy atom. The average molecular weight is 189 g/mol. The normalized spacial score (nSPS) is 16.0. The molecule has 2 heteroatoms. The molecule has 0 aromatic carbocycles. The first-order chi connectivity index (χ1) is 5.68. The zero-order chi connectivity index (χ0) is 9.45. The van der Waals surface area contributed by atoms with Gasteiger partial charge in [0.15, 0.2) is 0 Å². The maximum Gasteiger partial charge on any atom is 0.0253 e. The minimum Gasteiger partial charge on any atom is -0.318 e. The van der Waals surface area contributed by atoms with E-state index < -0.39 is 0 Å². The van der Waals surface area contributed by atoms with Crippen molar-refractivity contribution in [3.05, 3.63) is 0 Å². The molecule has 0 amide bonds. The summed E-state index contributed by atoms with van der Waals surface area (Å²) in [5.41, 5.74) is 0. The summed E-state index contributed by atoms with van der Waals surface area (Å²) in [5.74, 6) is 1.31. The van der Waals surface area contributed by atoms with E-state index in [1.54, 1.807) is 0 Å². The Morgan fingerprint density at radius 3 is 2.42 bits per heavy atom. The molecule has 0 saturated carbocycles. The molecule has 1 atom stereocenters. The van der Waals surface area contributed by atoms with Crippen molar-refractivity contribution in [2.75, 3.05) is 19.3 Å². The third kappa shape index (κ3) is 5.04. The average Bonchev–Trinajstić information content (AvgIpc) is 2.06. The van der Waals surface area contributed by atoms with E-state index in [9.17, 15) is 0 Å². The van der Waals surface area contributed by atoms with Crippen LogP contribution >= 0.6 is 11.8 Å². The van der Waals surface area contributed by atoms with Crippen LogP contribution in [-0.4, -0.2) is 24.1 Å². The molecule has 12 heavy (non-hydrogen) atoms. The van der Waals surface area contributed by atoms with Crippen LogP contribution in [0.15, 0.2) is 0 Å². The Hall–Kier alpha value is 0.310. The number of rotatable bonds is 7. The number of unbranched alkanes of at least 4 members (excludes halogenated alkanes) is 1. The number of nitrogens with one attached hydrogen (secondary N) is 1. The van der Waals surface area contributed by atoms with Crippen molar-refractivity contribution >= 4 is 11.8 Å². The lowest BCUT2D eigenvalue weighted by atomic mass is 10.1. The second-order valence-corrected chi connectivity index (χ2v) is 5.22. The van der Waals surface area contributed by atoms with E-state index in [0.29, 0.717) is 4.75 Å². The van der Waals surface area contributed by atoms with E-state index in [1.807, 2.05) is 7.05 Å². The predicted molar refractivity (Wildman–Crippen MR) is 60.0 cm³/mol. The van der Waals surface area contributed by atoms with E-state index in [0.717, 1.165) is 6.54 Å². The molecule has 0 aromatic heterocycles. The fraction of sp³-hybridized carbons (Fsp3) is 1.00. The van der Waals surface area contributed by atoms with E-state index in [2.05, 4.69) is 37.8 Å². The van der Waals surface area contributed by atoms with Gasteiger partial charge < -0.3 is 5.32 Å². The lowest BCUT2D eigenvalue weighted by Gasteiger charge is -2.27. The third-order valence-corrected chi connectivity index (χ3v) is 3.87. The molecule has 74 valence electrons. The summed E-state index contributed by atoms with van der Waals surface area (Å²) in [6, 6.07) is 0. The quantitative estimate of drug-likeness (QED) is 0.618. The first-order valence-electron chi connectivity index (χ1n) is 4.97. The summed E-state index contributed by atoms with van der Waals surface area (Å²) in [5, 5.41) is 3.27. The largest absolute Gasteiger partial charge is 0.318 e. The topological polar surface area (TPSA) is 12.0 Å². The van der Waals surface area contributed by atoms with Crippen LogP contribution in [0.25, 0.3) is 0 Å². The monoisotopic (exact) mass is 189 g/mol. The van der Waals surface area contributed by atoms with Crippen molar-refractivity contribution in [2.24, 2.45) is 0 Å². The number of hydrogen-bond donors (Lipinski definition) is 1. The Labute approximate surface area is 81.7 Å². The molecule has 0 saturated heterocycles. The SMILES string of the molecule is CCCCSC(C)(CC)CNC. The molecule has 0 fully saturated rings. The van der Waals surface area contributed by atoms with Gasteiger partial charge in [-0.05, 0) is 32.6 Å². The zero-order valence-electron chi connectivity index (χ0n) is 8.94. The minimum absolute atomic E-state index is 0.448. The van der Waals surface area contributed by atoms with Gasteiger partial charge in [-0.25, -0.2) is 0 Å². The molecule has 1 unspecified atom stereocenters. The van der Waals surface area contributed by atoms with E-state index >= 15 is 0 Å². The van der Waals surface area contributed by atoms with Crippen molar-refractivity contribution in [3.63, 3.8) is 0 Å². The van der Waals surface area contributed by atoms with Crippen molar-refractivity contribution < 1.29 is 0 Å². The highest BCUT2D eigenvalue weighted by atomic mass is 32.2. The van der Waals surface area contributed by atoms with Crippen LogP contribution in [0.4, 0.5) is 0 Å². The molecule has 0 spiro atoms. The zero-order valence-corrected chi connectivity index (χ0v) is 9.76. The number of hydrogen-bond acceptors (Lipinski definition) is 2. The van der Waals surface area contributed by atoms with Gasteiger partial charge in [0.25, 0.3) is 0 Å². The van der Waals surface area contributed by atoms with Gasteiger partial charge in [0.1, 0.15) is 0 Å². The van der Waals surface area contributed by atoms with Crippen molar-refractivity contribution in [2.45, 2.75) is 44.8 Å².